The van der Waals surface area contributed by atoms with Crippen molar-refractivity contribution in [2.24, 2.45) is 0 Å². The number of methoxy groups -OCH3 is 1. The number of amides is 1. The van der Waals surface area contributed by atoms with Crippen molar-refractivity contribution in [2.75, 3.05) is 12.4 Å². The van der Waals surface area contributed by atoms with Crippen LogP contribution in [0, 0.1) is 4.64 Å². The van der Waals surface area contributed by atoms with E-state index in [1.165, 1.54) is 19.2 Å². The van der Waals surface area contributed by atoms with Gasteiger partial charge in [0.1, 0.15) is 16.1 Å². The van der Waals surface area contributed by atoms with Gasteiger partial charge >= 0.3 is 6.61 Å². The van der Waals surface area contributed by atoms with Gasteiger partial charge < -0.3 is 19.8 Å². The Labute approximate surface area is 164 Å². The van der Waals surface area contributed by atoms with Crippen LogP contribution in [0.1, 0.15) is 10.4 Å². The van der Waals surface area contributed by atoms with Crippen molar-refractivity contribution in [3.05, 3.63) is 71.0 Å². The molecule has 5 nitrogen and oxygen atoms in total. The molecular formula is C20H16F2N2O3S. The molecule has 0 aliphatic heterocycles. The number of rotatable bonds is 6. The molecule has 0 bridgehead atoms. The molecule has 2 N–H and O–H groups in total. The average Bonchev–Trinajstić information content (AvgIpc) is 2.69. The number of halogens is 2. The second-order valence-corrected chi connectivity index (χ2v) is 6.09. The summed E-state index contributed by atoms with van der Waals surface area (Å²) in [4.78, 5) is 15.2. The number of hydrogen-bond donors (Lipinski definition) is 2. The van der Waals surface area contributed by atoms with E-state index in [9.17, 15) is 13.6 Å². The molecule has 0 radical (unpaired) electrons. The summed E-state index contributed by atoms with van der Waals surface area (Å²) in [7, 11) is 1.53. The van der Waals surface area contributed by atoms with Gasteiger partial charge in [0.05, 0.1) is 12.7 Å². The lowest BCUT2D eigenvalue weighted by Gasteiger charge is -2.14. The molecule has 3 rings (SSSR count). The van der Waals surface area contributed by atoms with Gasteiger partial charge in [0.2, 0.25) is 0 Å². The minimum atomic E-state index is -2.97. The molecule has 1 aromatic heterocycles. The zero-order chi connectivity index (χ0) is 20.1. The topological polar surface area (TPSA) is 63.3 Å². The summed E-state index contributed by atoms with van der Waals surface area (Å²) in [6.07, 6.45) is 1.62. The van der Waals surface area contributed by atoms with Crippen molar-refractivity contribution in [1.29, 1.82) is 0 Å². The number of ether oxygens (including phenoxy) is 2. The highest BCUT2D eigenvalue weighted by atomic mass is 32.1. The highest BCUT2D eigenvalue weighted by molar-refractivity contribution is 7.71. The van der Waals surface area contributed by atoms with Gasteiger partial charge in [-0.2, -0.15) is 8.78 Å². The number of aromatic amines is 1. The van der Waals surface area contributed by atoms with E-state index in [1.54, 1.807) is 48.7 Å². The van der Waals surface area contributed by atoms with Gasteiger partial charge in [-0.05, 0) is 48.0 Å². The molecule has 0 fully saturated rings. The maximum Gasteiger partial charge on any atom is 0.387 e. The van der Waals surface area contributed by atoms with Crippen LogP contribution in [-0.4, -0.2) is 24.6 Å². The first kappa shape index (κ1) is 19.5. The summed E-state index contributed by atoms with van der Waals surface area (Å²) < 4.78 is 35.6. The van der Waals surface area contributed by atoms with Crippen LogP contribution in [0.25, 0.3) is 11.1 Å². The predicted molar refractivity (Wildman–Crippen MR) is 105 cm³/mol. The molecule has 0 aliphatic carbocycles. The van der Waals surface area contributed by atoms with E-state index in [0.717, 1.165) is 0 Å². The van der Waals surface area contributed by atoms with Crippen LogP contribution in [0.15, 0.2) is 60.8 Å². The first-order valence-corrected chi connectivity index (χ1v) is 8.61. The van der Waals surface area contributed by atoms with E-state index in [4.69, 9.17) is 17.0 Å². The van der Waals surface area contributed by atoms with Crippen molar-refractivity contribution >= 4 is 23.8 Å². The number of alkyl halides is 2. The fourth-order valence-corrected chi connectivity index (χ4v) is 2.83. The lowest BCUT2D eigenvalue weighted by Crippen LogP contribution is -2.13. The van der Waals surface area contributed by atoms with Crippen molar-refractivity contribution in [1.82, 2.24) is 4.98 Å². The third kappa shape index (κ3) is 4.52. The van der Waals surface area contributed by atoms with Crippen LogP contribution in [0.4, 0.5) is 14.5 Å². The lowest BCUT2D eigenvalue weighted by molar-refractivity contribution is -0.0494. The summed E-state index contributed by atoms with van der Waals surface area (Å²) in [5.74, 6) is 0.211. The quantitative estimate of drug-likeness (QED) is 0.551. The van der Waals surface area contributed by atoms with Crippen LogP contribution < -0.4 is 14.8 Å². The Kier molecular flexibility index (Phi) is 6.00. The highest BCUT2D eigenvalue weighted by Crippen LogP contribution is 2.34. The second kappa shape index (κ2) is 8.62. The van der Waals surface area contributed by atoms with Gasteiger partial charge in [-0.15, -0.1) is 0 Å². The largest absolute Gasteiger partial charge is 0.497 e. The summed E-state index contributed by atoms with van der Waals surface area (Å²) in [5, 5.41) is 2.72. The maximum absolute atomic E-state index is 12.8. The number of nitrogens with one attached hydrogen (secondary N) is 2. The van der Waals surface area contributed by atoms with Crippen LogP contribution in [0.2, 0.25) is 0 Å². The molecule has 3 aromatic rings. The third-order valence-electron chi connectivity index (χ3n) is 3.92. The average molecular weight is 402 g/mol. The second-order valence-electron chi connectivity index (χ2n) is 5.68. The van der Waals surface area contributed by atoms with E-state index in [-0.39, 0.29) is 5.75 Å². The normalized spacial score (nSPS) is 10.6. The van der Waals surface area contributed by atoms with Crippen LogP contribution in [-0.2, 0) is 0 Å². The van der Waals surface area contributed by atoms with Crippen molar-refractivity contribution in [3.63, 3.8) is 0 Å². The van der Waals surface area contributed by atoms with E-state index in [1.807, 2.05) is 0 Å². The number of anilines is 1. The molecular weight excluding hydrogens is 386 g/mol. The van der Waals surface area contributed by atoms with Crippen molar-refractivity contribution in [3.8, 4) is 22.6 Å². The zero-order valence-electron chi connectivity index (χ0n) is 14.7. The third-order valence-corrected chi connectivity index (χ3v) is 4.26. The molecule has 0 spiro atoms. The van der Waals surface area contributed by atoms with Crippen LogP contribution >= 0.6 is 12.2 Å². The van der Waals surface area contributed by atoms with Crippen molar-refractivity contribution in [2.45, 2.75) is 6.61 Å². The maximum atomic E-state index is 12.8. The minimum absolute atomic E-state index is 0.00447. The Morgan fingerprint density at radius 2 is 1.89 bits per heavy atom. The van der Waals surface area contributed by atoms with Gasteiger partial charge in [0, 0.05) is 17.4 Å². The molecule has 144 valence electrons. The molecule has 0 aliphatic rings. The molecule has 1 heterocycles. The lowest BCUT2D eigenvalue weighted by atomic mass is 10.0. The minimum Gasteiger partial charge on any atom is -0.497 e. The number of carbonyl (C=O) groups is 1. The molecule has 1 amide bonds. The zero-order valence-corrected chi connectivity index (χ0v) is 15.6. The van der Waals surface area contributed by atoms with Gasteiger partial charge in [-0.3, -0.25) is 4.79 Å². The van der Waals surface area contributed by atoms with Gasteiger partial charge in [0.15, 0.2) is 0 Å². The standard InChI is InChI=1S/C20H16F2N2O3S/c1-26-14-7-4-12(5-8-14)16-11-13(6-9-17(16)27-20(21)22)24-18(25)15-3-2-10-23-19(15)28/h2-11,20H,1H3,(H,23,28)(H,24,25). The van der Waals surface area contributed by atoms with E-state index >= 15 is 0 Å². The van der Waals surface area contributed by atoms with Crippen LogP contribution in [0.5, 0.6) is 11.5 Å². The smallest absolute Gasteiger partial charge is 0.387 e. The Morgan fingerprint density at radius 3 is 2.54 bits per heavy atom. The SMILES string of the molecule is COc1ccc(-c2cc(NC(=O)c3ccc[nH]c3=S)ccc2OC(F)F)cc1. The number of benzene rings is 2. The number of carbonyl (C=O) groups excluding carboxylic acids is 1. The molecule has 0 saturated heterocycles. The number of aromatic nitrogens is 1. The molecule has 0 atom stereocenters. The first-order valence-electron chi connectivity index (χ1n) is 8.20. The first-order chi connectivity index (χ1) is 13.5. The predicted octanol–water partition coefficient (Wildman–Crippen LogP) is 5.27. The van der Waals surface area contributed by atoms with E-state index in [0.29, 0.717) is 32.8 Å². The molecule has 8 heteroatoms. The Balaban J connectivity index is 1.96. The summed E-state index contributed by atoms with van der Waals surface area (Å²) in [6.45, 7) is -2.97. The number of pyridine rings is 1. The molecule has 0 saturated carbocycles. The van der Waals surface area contributed by atoms with Crippen LogP contribution in [0.3, 0.4) is 0 Å². The molecule has 28 heavy (non-hydrogen) atoms. The molecule has 2 aromatic carbocycles. The van der Waals surface area contributed by atoms with E-state index in [2.05, 4.69) is 15.0 Å². The summed E-state index contributed by atoms with van der Waals surface area (Å²) >= 11 is 5.11. The fraction of sp³-hybridized carbons (Fsp3) is 0.100. The Bertz CT molecular complexity index is 1040. The monoisotopic (exact) mass is 402 g/mol. The number of hydrogen-bond acceptors (Lipinski definition) is 4. The van der Waals surface area contributed by atoms with Gasteiger partial charge in [-0.25, -0.2) is 0 Å². The van der Waals surface area contributed by atoms with Crippen molar-refractivity contribution < 1.29 is 23.0 Å². The van der Waals surface area contributed by atoms with Gasteiger partial charge in [0.25, 0.3) is 5.91 Å². The highest BCUT2D eigenvalue weighted by Gasteiger charge is 2.14. The van der Waals surface area contributed by atoms with Gasteiger partial charge in [-0.1, -0.05) is 24.4 Å². The Hall–Kier alpha value is -3.26. The summed E-state index contributed by atoms with van der Waals surface area (Å²) in [6, 6.07) is 14.5. The fourth-order valence-electron chi connectivity index (χ4n) is 2.60. The number of H-pyrrole nitrogens is 1. The Morgan fingerprint density at radius 1 is 1.14 bits per heavy atom. The van der Waals surface area contributed by atoms with E-state index < -0.39 is 12.5 Å². The summed E-state index contributed by atoms with van der Waals surface area (Å²) in [5.41, 5.74) is 1.75. The molecule has 0 unspecified atom stereocenters.